The van der Waals surface area contributed by atoms with Crippen molar-refractivity contribution in [2.24, 2.45) is 9.98 Å². The number of hydrogen-bond donors (Lipinski definition) is 0. The molecule has 0 aliphatic heterocycles. The Morgan fingerprint density at radius 1 is 0.462 bits per heavy atom. The Kier molecular flexibility index (Phi) is 10.5. The summed E-state index contributed by atoms with van der Waals surface area (Å²) < 4.78 is 22.6. The Labute approximate surface area is 230 Å². The molecule has 0 aliphatic carbocycles. The molecular formula is C33H34N2O4. The van der Waals surface area contributed by atoms with Crippen LogP contribution in [-0.4, -0.2) is 38.9 Å². The lowest BCUT2D eigenvalue weighted by Crippen LogP contribution is -2.04. The van der Waals surface area contributed by atoms with Crippen LogP contribution in [0.5, 0.6) is 23.0 Å². The Hall–Kier alpha value is -4.58. The van der Waals surface area contributed by atoms with E-state index in [0.717, 1.165) is 51.9 Å². The van der Waals surface area contributed by atoms with Crippen LogP contribution in [0.1, 0.15) is 31.4 Å². The summed E-state index contributed by atoms with van der Waals surface area (Å²) in [6.45, 7) is 6.40. The average Bonchev–Trinajstić information content (AvgIpc) is 2.98. The average molecular weight is 523 g/mol. The van der Waals surface area contributed by atoms with Crippen molar-refractivity contribution < 1.29 is 18.9 Å². The van der Waals surface area contributed by atoms with Gasteiger partial charge in [0, 0.05) is 18.9 Å². The molecule has 0 bridgehead atoms. The lowest BCUT2D eigenvalue weighted by molar-refractivity contribution is 0.247. The van der Waals surface area contributed by atoms with Gasteiger partial charge in [0.05, 0.1) is 37.8 Å². The molecule has 0 N–H and O–H groups in total. The van der Waals surface area contributed by atoms with E-state index in [2.05, 4.69) is 9.98 Å². The highest BCUT2D eigenvalue weighted by atomic mass is 16.5. The number of rotatable bonds is 14. The molecule has 6 nitrogen and oxygen atoms in total. The van der Waals surface area contributed by atoms with Crippen LogP contribution in [0.4, 0.5) is 11.4 Å². The van der Waals surface area contributed by atoms with Crippen LogP contribution >= 0.6 is 0 Å². The Morgan fingerprint density at radius 2 is 0.795 bits per heavy atom. The fourth-order valence-electron chi connectivity index (χ4n) is 3.63. The normalized spacial score (nSPS) is 11.1. The van der Waals surface area contributed by atoms with E-state index in [1.54, 1.807) is 0 Å². The lowest BCUT2D eigenvalue weighted by Gasteiger charge is -2.08. The first kappa shape index (κ1) is 27.5. The molecule has 0 amide bonds. The van der Waals surface area contributed by atoms with Gasteiger partial charge in [0.15, 0.2) is 0 Å². The summed E-state index contributed by atoms with van der Waals surface area (Å²) >= 11 is 0. The molecule has 0 saturated heterocycles. The zero-order chi connectivity index (χ0) is 27.1. The van der Waals surface area contributed by atoms with Gasteiger partial charge in [0.2, 0.25) is 0 Å². The molecule has 0 heterocycles. The van der Waals surface area contributed by atoms with E-state index in [0.29, 0.717) is 26.4 Å². The zero-order valence-corrected chi connectivity index (χ0v) is 22.5. The molecule has 200 valence electrons. The SMILES string of the molecule is CCOc1ccc(C=Nc2ccc(OCCCOc3ccc(N=Cc4ccc(OCC)cc4)cc3)cc2)cc1. The standard InChI is InChI=1S/C33H34N2O4/c1-3-36-30-14-6-26(7-15-30)24-34-28-10-18-32(19-11-28)38-22-5-23-39-33-20-12-29(13-21-33)35-25-27-8-16-31(17-9-27)37-4-2/h6-21,24-25H,3-5,22-23H2,1-2H3. The van der Waals surface area contributed by atoms with Crippen molar-refractivity contribution in [3.05, 3.63) is 108 Å². The fraction of sp³-hybridized carbons (Fsp3) is 0.212. The molecule has 4 aromatic carbocycles. The van der Waals surface area contributed by atoms with E-state index in [-0.39, 0.29) is 0 Å². The highest BCUT2D eigenvalue weighted by Gasteiger charge is 1.99. The zero-order valence-electron chi connectivity index (χ0n) is 22.5. The van der Waals surface area contributed by atoms with E-state index < -0.39 is 0 Å². The van der Waals surface area contributed by atoms with Gasteiger partial charge < -0.3 is 18.9 Å². The van der Waals surface area contributed by atoms with Crippen LogP contribution in [0.2, 0.25) is 0 Å². The molecule has 6 heteroatoms. The van der Waals surface area contributed by atoms with Crippen LogP contribution in [0.3, 0.4) is 0 Å². The topological polar surface area (TPSA) is 61.6 Å². The van der Waals surface area contributed by atoms with Crippen molar-refractivity contribution in [3.63, 3.8) is 0 Å². The van der Waals surface area contributed by atoms with Gasteiger partial charge in [-0.1, -0.05) is 0 Å². The molecule has 0 saturated carbocycles. The summed E-state index contributed by atoms with van der Waals surface area (Å²) in [5.74, 6) is 3.34. The monoisotopic (exact) mass is 522 g/mol. The van der Waals surface area contributed by atoms with Crippen molar-refractivity contribution in [2.45, 2.75) is 20.3 Å². The van der Waals surface area contributed by atoms with E-state index in [4.69, 9.17) is 18.9 Å². The van der Waals surface area contributed by atoms with Gasteiger partial charge in [-0.15, -0.1) is 0 Å². The minimum Gasteiger partial charge on any atom is -0.494 e. The molecule has 0 fully saturated rings. The van der Waals surface area contributed by atoms with Gasteiger partial charge >= 0.3 is 0 Å². The predicted molar refractivity (Wildman–Crippen MR) is 158 cm³/mol. The van der Waals surface area contributed by atoms with Crippen LogP contribution in [-0.2, 0) is 0 Å². The fourth-order valence-corrected chi connectivity index (χ4v) is 3.63. The molecule has 39 heavy (non-hydrogen) atoms. The largest absolute Gasteiger partial charge is 0.494 e. The molecule has 0 atom stereocenters. The van der Waals surface area contributed by atoms with Crippen LogP contribution in [0, 0.1) is 0 Å². The Balaban J connectivity index is 1.14. The number of benzene rings is 4. The van der Waals surface area contributed by atoms with Crippen LogP contribution in [0.25, 0.3) is 0 Å². The number of nitrogens with zero attached hydrogens (tertiary/aromatic N) is 2. The second-order valence-corrected chi connectivity index (χ2v) is 8.56. The molecule has 4 aromatic rings. The van der Waals surface area contributed by atoms with Crippen molar-refractivity contribution in [2.75, 3.05) is 26.4 Å². The van der Waals surface area contributed by atoms with E-state index in [9.17, 15) is 0 Å². The Bertz CT molecular complexity index is 1210. The molecule has 4 rings (SSSR count). The summed E-state index contributed by atoms with van der Waals surface area (Å²) in [4.78, 5) is 9.05. The molecule has 0 aromatic heterocycles. The maximum Gasteiger partial charge on any atom is 0.119 e. The van der Waals surface area contributed by atoms with E-state index in [1.807, 2.05) is 123 Å². The Morgan fingerprint density at radius 3 is 1.15 bits per heavy atom. The third kappa shape index (κ3) is 9.34. The van der Waals surface area contributed by atoms with Gasteiger partial charge in [-0.2, -0.15) is 0 Å². The smallest absolute Gasteiger partial charge is 0.119 e. The van der Waals surface area contributed by atoms with Gasteiger partial charge in [-0.25, -0.2) is 0 Å². The minimum atomic E-state index is 0.569. The first-order chi connectivity index (χ1) is 19.2. The predicted octanol–water partition coefficient (Wildman–Crippen LogP) is 7.83. The first-order valence-electron chi connectivity index (χ1n) is 13.2. The molecule has 0 spiro atoms. The van der Waals surface area contributed by atoms with Gasteiger partial charge in [-0.3, -0.25) is 9.98 Å². The van der Waals surface area contributed by atoms with Gasteiger partial charge in [0.1, 0.15) is 23.0 Å². The summed E-state index contributed by atoms with van der Waals surface area (Å²) in [5.41, 5.74) is 3.77. The lowest BCUT2D eigenvalue weighted by atomic mass is 10.2. The summed E-state index contributed by atoms with van der Waals surface area (Å²) in [7, 11) is 0. The molecule has 0 aliphatic rings. The second kappa shape index (κ2) is 15.0. The highest BCUT2D eigenvalue weighted by molar-refractivity contribution is 5.82. The van der Waals surface area contributed by atoms with Crippen molar-refractivity contribution in [1.29, 1.82) is 0 Å². The summed E-state index contributed by atoms with van der Waals surface area (Å²) in [6.07, 6.45) is 4.45. The number of aliphatic imine (C=N–C) groups is 2. The van der Waals surface area contributed by atoms with Crippen molar-refractivity contribution >= 4 is 23.8 Å². The maximum atomic E-state index is 5.84. The molecule has 0 unspecified atom stereocenters. The summed E-state index contributed by atoms with van der Waals surface area (Å²) in [6, 6.07) is 31.2. The van der Waals surface area contributed by atoms with Crippen LogP contribution in [0.15, 0.2) is 107 Å². The molecular weight excluding hydrogens is 488 g/mol. The van der Waals surface area contributed by atoms with Gasteiger partial charge in [0.25, 0.3) is 0 Å². The summed E-state index contributed by atoms with van der Waals surface area (Å²) in [5, 5.41) is 0. The maximum absolute atomic E-state index is 5.84. The highest BCUT2D eigenvalue weighted by Crippen LogP contribution is 2.20. The quantitative estimate of drug-likeness (QED) is 0.125. The number of hydrogen-bond acceptors (Lipinski definition) is 6. The second-order valence-electron chi connectivity index (χ2n) is 8.56. The third-order valence-corrected chi connectivity index (χ3v) is 5.61. The van der Waals surface area contributed by atoms with Crippen LogP contribution < -0.4 is 18.9 Å². The van der Waals surface area contributed by atoms with Gasteiger partial charge in [-0.05, 0) is 122 Å². The third-order valence-electron chi connectivity index (χ3n) is 5.61. The molecule has 0 radical (unpaired) electrons. The number of ether oxygens (including phenoxy) is 4. The minimum absolute atomic E-state index is 0.569. The van der Waals surface area contributed by atoms with E-state index in [1.165, 1.54) is 0 Å². The first-order valence-corrected chi connectivity index (χ1v) is 13.2. The van der Waals surface area contributed by atoms with Crippen molar-refractivity contribution in [3.8, 4) is 23.0 Å². The van der Waals surface area contributed by atoms with Crippen molar-refractivity contribution in [1.82, 2.24) is 0 Å². The van der Waals surface area contributed by atoms with E-state index >= 15 is 0 Å².